The molecule has 4 aromatic carbocycles. The van der Waals surface area contributed by atoms with Crippen molar-refractivity contribution in [2.24, 2.45) is 0 Å². The summed E-state index contributed by atoms with van der Waals surface area (Å²) in [6, 6.07) is 18.8. The fourth-order valence-corrected chi connectivity index (χ4v) is 9.30. The Labute approximate surface area is 384 Å². The Kier molecular flexibility index (Phi) is 12.6. The Morgan fingerprint density at radius 1 is 0.836 bits per heavy atom. The molecule has 1 saturated heterocycles. The molecule has 18 nitrogen and oxygen atoms in total. The Hall–Kier alpha value is -6.86. The molecule has 67 heavy (non-hydrogen) atoms. The lowest BCUT2D eigenvalue weighted by molar-refractivity contribution is -0.249. The van der Waals surface area contributed by atoms with Gasteiger partial charge in [-0.2, -0.15) is 0 Å². The normalized spacial score (nSPS) is 22.8. The fourth-order valence-electron chi connectivity index (χ4n) is 9.30. The van der Waals surface area contributed by atoms with E-state index in [1.54, 1.807) is 20.8 Å². The zero-order valence-corrected chi connectivity index (χ0v) is 37.2. The number of aromatic hydroxyl groups is 2. The highest BCUT2D eigenvalue weighted by Crippen LogP contribution is 2.53. The number of hydrogen-bond acceptors (Lipinski definition) is 16. The molecule has 4 aromatic rings. The van der Waals surface area contributed by atoms with Crippen LogP contribution in [0.2, 0.25) is 0 Å². The van der Waals surface area contributed by atoms with Gasteiger partial charge in [0.05, 0.1) is 42.0 Å². The first-order valence-electron chi connectivity index (χ1n) is 21.7. The number of amides is 2. The van der Waals surface area contributed by atoms with Gasteiger partial charge >= 0.3 is 18.2 Å². The average molecular weight is 923 g/mol. The van der Waals surface area contributed by atoms with Crippen molar-refractivity contribution in [3.63, 3.8) is 0 Å². The molecule has 0 aromatic heterocycles. The van der Waals surface area contributed by atoms with Gasteiger partial charge in [0.2, 0.25) is 11.6 Å². The minimum absolute atomic E-state index is 0.0243. The van der Waals surface area contributed by atoms with Gasteiger partial charge in [0.15, 0.2) is 18.7 Å². The summed E-state index contributed by atoms with van der Waals surface area (Å²) in [5.74, 6) is -5.69. The van der Waals surface area contributed by atoms with E-state index in [1.165, 1.54) is 32.2 Å². The molecule has 1 fully saturated rings. The van der Waals surface area contributed by atoms with Crippen LogP contribution in [0.5, 0.6) is 17.2 Å². The van der Waals surface area contributed by atoms with Crippen molar-refractivity contribution < 1.29 is 77.6 Å². The van der Waals surface area contributed by atoms with E-state index in [2.05, 4.69) is 10.6 Å². The Balaban J connectivity index is 1.01. The number of alkyl carbamates (subject to hydrolysis) is 2. The number of carbonyl (C=O) groups excluding carboxylic acids is 6. The van der Waals surface area contributed by atoms with E-state index in [1.807, 2.05) is 48.5 Å². The van der Waals surface area contributed by atoms with Crippen LogP contribution in [-0.2, 0) is 39.7 Å². The van der Waals surface area contributed by atoms with Crippen LogP contribution in [0.3, 0.4) is 0 Å². The second kappa shape index (κ2) is 18.1. The number of carbonyl (C=O) groups is 6. The number of ether oxygens (including phenoxy) is 6. The summed E-state index contributed by atoms with van der Waals surface area (Å²) in [5.41, 5.74) is -1.40. The third kappa shape index (κ3) is 8.92. The van der Waals surface area contributed by atoms with Gasteiger partial charge in [-0.3, -0.25) is 19.2 Å². The second-order valence-electron chi connectivity index (χ2n) is 17.9. The molecule has 18 heteroatoms. The number of rotatable bonds is 11. The van der Waals surface area contributed by atoms with Crippen LogP contribution in [0, 0.1) is 0 Å². The number of phenols is 2. The molecule has 6 N–H and O–H groups in total. The van der Waals surface area contributed by atoms with Gasteiger partial charge in [-0.05, 0) is 56.0 Å². The number of methoxy groups -OCH3 is 1. The number of nitrogens with one attached hydrogen (secondary N) is 2. The van der Waals surface area contributed by atoms with E-state index in [9.17, 15) is 49.2 Å². The van der Waals surface area contributed by atoms with Crippen molar-refractivity contribution in [2.45, 2.75) is 94.7 Å². The van der Waals surface area contributed by atoms with E-state index in [0.717, 1.165) is 22.3 Å². The van der Waals surface area contributed by atoms with Crippen molar-refractivity contribution in [2.75, 3.05) is 26.9 Å². The summed E-state index contributed by atoms with van der Waals surface area (Å²) in [6.45, 7) is 4.71. The van der Waals surface area contributed by atoms with Crippen molar-refractivity contribution in [1.29, 1.82) is 0 Å². The van der Waals surface area contributed by atoms with E-state index >= 15 is 0 Å². The summed E-state index contributed by atoms with van der Waals surface area (Å²) >= 11 is 0. The lowest BCUT2D eigenvalue weighted by Gasteiger charge is -2.43. The van der Waals surface area contributed by atoms with Gasteiger partial charge in [0.1, 0.15) is 47.7 Å². The third-order valence-corrected chi connectivity index (χ3v) is 12.4. The number of aliphatic hydroxyl groups is 2. The first-order chi connectivity index (χ1) is 31.8. The predicted molar refractivity (Wildman–Crippen MR) is 234 cm³/mol. The van der Waals surface area contributed by atoms with Crippen molar-refractivity contribution in [3.05, 3.63) is 111 Å². The minimum Gasteiger partial charge on any atom is -0.507 e. The SMILES string of the molecule is COc1cccc2c1C(=O)c1c(O)c3c(c(O)c1C2=O)CC(O)(C(=O)COC(=O)CNC(=O)OCC1c2ccccc2-c2ccccc21)C[C@@H]3OC1CC(NC(=O)OC(C)(C)C)C(O)C(C)O1. The van der Waals surface area contributed by atoms with E-state index < -0.39 is 126 Å². The number of phenolic OH excluding ortho intramolecular Hbond substituents is 2. The molecule has 0 spiro atoms. The number of aliphatic hydroxyl groups excluding tert-OH is 1. The molecule has 0 bridgehead atoms. The standard InChI is InChI=1S/C49H50N2O16/c1-23-41(54)31(51-47(60)67-48(2,3)4)17-36(65-23)66-33-19-49(61,18-29-38(33)45(58)40-39(43(29)56)42(55)28-15-10-16-32(62-5)37(28)44(40)57)34(52)22-63-35(53)20-50-46(59)64-21-30-26-13-8-6-11-24(26)25-12-7-9-14-27(25)30/h6-16,23,30-31,33,36,41,54,56,58,61H,17-22H2,1-5H3,(H,50,59)(H,51,60)/t23?,31?,33-,36?,41?,49?/m0/s1. The van der Waals surface area contributed by atoms with Gasteiger partial charge in [0.25, 0.3) is 0 Å². The van der Waals surface area contributed by atoms with Gasteiger partial charge in [-0.25, -0.2) is 9.59 Å². The van der Waals surface area contributed by atoms with Gasteiger partial charge in [-0.1, -0.05) is 60.7 Å². The number of esters is 1. The quantitative estimate of drug-likeness (QED) is 0.0598. The van der Waals surface area contributed by atoms with E-state index in [0.29, 0.717) is 0 Å². The topological polar surface area (TPSA) is 263 Å². The summed E-state index contributed by atoms with van der Waals surface area (Å²) in [7, 11) is 1.29. The van der Waals surface area contributed by atoms with E-state index in [4.69, 9.17) is 28.4 Å². The molecule has 3 aliphatic carbocycles. The van der Waals surface area contributed by atoms with Gasteiger partial charge in [0, 0.05) is 41.9 Å². The molecule has 5 unspecified atom stereocenters. The minimum atomic E-state index is -2.52. The van der Waals surface area contributed by atoms with Crippen LogP contribution in [-0.4, -0.2) is 119 Å². The molecule has 1 heterocycles. The molecule has 2 amide bonds. The van der Waals surface area contributed by atoms with Gasteiger partial charge in [-0.15, -0.1) is 0 Å². The summed E-state index contributed by atoms with van der Waals surface area (Å²) in [6.07, 6.45) is -8.56. The summed E-state index contributed by atoms with van der Waals surface area (Å²) < 4.78 is 33.6. The molecular weight excluding hydrogens is 873 g/mol. The van der Waals surface area contributed by atoms with Crippen LogP contribution in [0.4, 0.5) is 9.59 Å². The van der Waals surface area contributed by atoms with Crippen LogP contribution < -0.4 is 15.4 Å². The Morgan fingerprint density at radius 3 is 2.13 bits per heavy atom. The number of hydrogen-bond donors (Lipinski definition) is 6. The number of benzene rings is 4. The average Bonchev–Trinajstić information content (AvgIpc) is 3.60. The molecular formula is C49H50N2O16. The molecule has 1 aliphatic heterocycles. The molecule has 0 saturated carbocycles. The maximum Gasteiger partial charge on any atom is 0.407 e. The second-order valence-corrected chi connectivity index (χ2v) is 17.9. The highest BCUT2D eigenvalue weighted by Gasteiger charge is 2.51. The molecule has 8 rings (SSSR count). The number of ketones is 3. The predicted octanol–water partition coefficient (Wildman–Crippen LogP) is 4.66. The zero-order chi connectivity index (χ0) is 48.1. The molecule has 6 atom stereocenters. The summed E-state index contributed by atoms with van der Waals surface area (Å²) in [4.78, 5) is 80.5. The Bertz CT molecular complexity index is 2650. The first-order valence-corrected chi connectivity index (χ1v) is 21.7. The molecule has 4 aliphatic rings. The van der Waals surface area contributed by atoms with Crippen LogP contribution >= 0.6 is 0 Å². The highest BCUT2D eigenvalue weighted by molar-refractivity contribution is 6.31. The van der Waals surface area contributed by atoms with Crippen LogP contribution in [0.1, 0.15) is 107 Å². The zero-order valence-electron chi connectivity index (χ0n) is 37.2. The smallest absolute Gasteiger partial charge is 0.407 e. The van der Waals surface area contributed by atoms with E-state index in [-0.39, 0.29) is 46.9 Å². The third-order valence-electron chi connectivity index (χ3n) is 12.4. The number of fused-ring (bicyclic) bond motifs is 6. The van der Waals surface area contributed by atoms with Crippen molar-refractivity contribution in [3.8, 4) is 28.4 Å². The summed E-state index contributed by atoms with van der Waals surface area (Å²) in [5, 5.41) is 51.9. The van der Waals surface area contributed by atoms with Crippen molar-refractivity contribution in [1.82, 2.24) is 10.6 Å². The largest absolute Gasteiger partial charge is 0.507 e. The molecule has 352 valence electrons. The Morgan fingerprint density at radius 2 is 1.48 bits per heavy atom. The van der Waals surface area contributed by atoms with Crippen LogP contribution in [0.25, 0.3) is 11.1 Å². The maximum absolute atomic E-state index is 14.1. The highest BCUT2D eigenvalue weighted by atomic mass is 16.7. The maximum atomic E-state index is 14.1. The number of Topliss-reactive ketones (excluding diaryl/α,β-unsaturated/α-hetero) is 1. The fraction of sp³-hybridized carbons (Fsp3) is 0.388. The monoisotopic (exact) mass is 922 g/mol. The first kappa shape index (κ1) is 46.7. The van der Waals surface area contributed by atoms with Crippen LogP contribution in [0.15, 0.2) is 66.7 Å². The van der Waals surface area contributed by atoms with Crippen molar-refractivity contribution >= 4 is 35.5 Å². The lowest BCUT2D eigenvalue weighted by atomic mass is 9.72. The van der Waals surface area contributed by atoms with Gasteiger partial charge < -0.3 is 59.5 Å². The molecule has 0 radical (unpaired) electrons. The lowest BCUT2D eigenvalue weighted by Crippen LogP contribution is -2.56.